The summed E-state index contributed by atoms with van der Waals surface area (Å²) < 4.78 is 39.1. The Kier molecular flexibility index (Phi) is 3.61. The van der Waals surface area contributed by atoms with Crippen molar-refractivity contribution < 1.29 is 18.0 Å². The first-order valence-corrected chi connectivity index (χ1v) is 5.62. The summed E-state index contributed by atoms with van der Waals surface area (Å²) >= 11 is 5.77. The lowest BCUT2D eigenvalue weighted by molar-refractivity contribution is -0.144. The standard InChI is InChI=1S/C12H8ClF3N2O/c13-9-3-1-2-8(4-9)6-18-11(12(14,15)16)5-10(7-19)17-18/h1-5,7H,6H2. The summed E-state index contributed by atoms with van der Waals surface area (Å²) in [5, 5.41) is 4.03. The van der Waals surface area contributed by atoms with Crippen molar-refractivity contribution in [1.29, 1.82) is 0 Å². The number of nitrogens with zero attached hydrogens (tertiary/aromatic N) is 2. The highest BCUT2D eigenvalue weighted by molar-refractivity contribution is 6.30. The third kappa shape index (κ3) is 3.14. The number of carbonyl (C=O) groups is 1. The Bertz CT molecular complexity index is 607. The molecule has 1 heterocycles. The van der Waals surface area contributed by atoms with Crippen LogP contribution in [0.4, 0.5) is 13.2 Å². The van der Waals surface area contributed by atoms with Crippen LogP contribution in [0.15, 0.2) is 30.3 Å². The molecule has 0 spiro atoms. The van der Waals surface area contributed by atoms with Gasteiger partial charge in [-0.05, 0) is 23.8 Å². The molecular formula is C12H8ClF3N2O. The molecule has 0 atom stereocenters. The van der Waals surface area contributed by atoms with Crippen molar-refractivity contribution in [3.8, 4) is 0 Å². The summed E-state index contributed by atoms with van der Waals surface area (Å²) in [6, 6.07) is 7.15. The van der Waals surface area contributed by atoms with Crippen molar-refractivity contribution in [2.75, 3.05) is 0 Å². The second-order valence-electron chi connectivity index (χ2n) is 3.86. The van der Waals surface area contributed by atoms with E-state index >= 15 is 0 Å². The molecule has 100 valence electrons. The number of aldehydes is 1. The van der Waals surface area contributed by atoms with Gasteiger partial charge in [-0.15, -0.1) is 0 Å². The van der Waals surface area contributed by atoms with Gasteiger partial charge in [0.05, 0.1) is 6.54 Å². The molecule has 0 amide bonds. The van der Waals surface area contributed by atoms with E-state index in [4.69, 9.17) is 11.6 Å². The number of halogens is 4. The van der Waals surface area contributed by atoms with Crippen LogP contribution >= 0.6 is 11.6 Å². The molecule has 1 aromatic heterocycles. The number of carbonyl (C=O) groups excluding carboxylic acids is 1. The normalized spacial score (nSPS) is 11.6. The number of hydrogen-bond donors (Lipinski definition) is 0. The van der Waals surface area contributed by atoms with Crippen molar-refractivity contribution >= 4 is 17.9 Å². The average molecular weight is 289 g/mol. The zero-order valence-corrected chi connectivity index (χ0v) is 10.2. The van der Waals surface area contributed by atoms with Crippen LogP contribution in [0.25, 0.3) is 0 Å². The van der Waals surface area contributed by atoms with Gasteiger partial charge in [-0.1, -0.05) is 23.7 Å². The molecule has 0 saturated carbocycles. The van der Waals surface area contributed by atoms with Crippen molar-refractivity contribution in [1.82, 2.24) is 9.78 Å². The maximum Gasteiger partial charge on any atom is 0.433 e. The number of aromatic nitrogens is 2. The molecule has 0 aliphatic carbocycles. The lowest BCUT2D eigenvalue weighted by atomic mass is 10.2. The van der Waals surface area contributed by atoms with Gasteiger partial charge in [0.15, 0.2) is 6.29 Å². The number of benzene rings is 1. The van der Waals surface area contributed by atoms with E-state index in [1.54, 1.807) is 24.3 Å². The third-order valence-electron chi connectivity index (χ3n) is 2.43. The predicted molar refractivity (Wildman–Crippen MR) is 63.2 cm³/mol. The van der Waals surface area contributed by atoms with Gasteiger partial charge < -0.3 is 0 Å². The highest BCUT2D eigenvalue weighted by atomic mass is 35.5. The van der Waals surface area contributed by atoms with Gasteiger partial charge in [0, 0.05) is 5.02 Å². The van der Waals surface area contributed by atoms with Gasteiger partial charge in [0.1, 0.15) is 11.4 Å². The SMILES string of the molecule is O=Cc1cc(C(F)(F)F)n(Cc2cccc(Cl)c2)n1. The van der Waals surface area contributed by atoms with Gasteiger partial charge in [-0.3, -0.25) is 9.48 Å². The van der Waals surface area contributed by atoms with Crippen LogP contribution < -0.4 is 0 Å². The van der Waals surface area contributed by atoms with E-state index in [2.05, 4.69) is 5.10 Å². The summed E-state index contributed by atoms with van der Waals surface area (Å²) in [6.07, 6.45) is -4.28. The van der Waals surface area contributed by atoms with Crippen LogP contribution in [-0.4, -0.2) is 16.1 Å². The van der Waals surface area contributed by atoms with E-state index in [1.807, 2.05) is 0 Å². The monoisotopic (exact) mass is 288 g/mol. The first kappa shape index (κ1) is 13.6. The fourth-order valence-corrected chi connectivity index (χ4v) is 1.86. The van der Waals surface area contributed by atoms with Crippen molar-refractivity contribution in [3.05, 3.63) is 52.3 Å². The quantitative estimate of drug-likeness (QED) is 0.811. The first-order valence-electron chi connectivity index (χ1n) is 5.25. The number of rotatable bonds is 3. The zero-order chi connectivity index (χ0) is 14.0. The lowest BCUT2D eigenvalue weighted by Crippen LogP contribution is -2.15. The van der Waals surface area contributed by atoms with E-state index in [0.717, 1.165) is 10.7 Å². The van der Waals surface area contributed by atoms with E-state index in [1.165, 1.54) is 0 Å². The summed E-state index contributed by atoms with van der Waals surface area (Å²) in [5.74, 6) is 0. The molecule has 0 saturated heterocycles. The minimum absolute atomic E-state index is 0.108. The Labute approximate surface area is 111 Å². The molecule has 2 aromatic rings. The molecular weight excluding hydrogens is 281 g/mol. The maximum absolute atomic E-state index is 12.8. The Balaban J connectivity index is 2.39. The van der Waals surface area contributed by atoms with Crippen LogP contribution in [0.5, 0.6) is 0 Å². The second kappa shape index (κ2) is 5.05. The van der Waals surface area contributed by atoms with Gasteiger partial charge in [0.2, 0.25) is 0 Å². The van der Waals surface area contributed by atoms with Crippen LogP contribution in [0, 0.1) is 0 Å². The molecule has 2 rings (SSSR count). The summed E-state index contributed by atoms with van der Waals surface area (Å²) in [6.45, 7) is -0.108. The van der Waals surface area contributed by atoms with Crippen LogP contribution in [0.2, 0.25) is 5.02 Å². The Hall–Kier alpha value is -1.82. The molecule has 19 heavy (non-hydrogen) atoms. The number of alkyl halides is 3. The predicted octanol–water partition coefficient (Wildman–Crippen LogP) is 3.42. The van der Waals surface area contributed by atoms with Gasteiger partial charge in [-0.25, -0.2) is 0 Å². The Morgan fingerprint density at radius 2 is 2.05 bits per heavy atom. The van der Waals surface area contributed by atoms with E-state index in [-0.39, 0.29) is 18.5 Å². The van der Waals surface area contributed by atoms with E-state index < -0.39 is 11.9 Å². The molecule has 0 fully saturated rings. The Morgan fingerprint density at radius 1 is 1.32 bits per heavy atom. The molecule has 0 bridgehead atoms. The molecule has 0 aliphatic heterocycles. The molecule has 0 radical (unpaired) electrons. The van der Waals surface area contributed by atoms with Gasteiger partial charge in [-0.2, -0.15) is 18.3 Å². The Morgan fingerprint density at radius 3 is 2.63 bits per heavy atom. The fraction of sp³-hybridized carbons (Fsp3) is 0.167. The summed E-state index contributed by atoms with van der Waals surface area (Å²) in [4.78, 5) is 10.5. The van der Waals surface area contributed by atoms with E-state index in [0.29, 0.717) is 10.6 Å². The fourth-order valence-electron chi connectivity index (χ4n) is 1.65. The third-order valence-corrected chi connectivity index (χ3v) is 2.67. The maximum atomic E-state index is 12.8. The minimum Gasteiger partial charge on any atom is -0.296 e. The summed E-state index contributed by atoms with van der Waals surface area (Å²) in [7, 11) is 0. The van der Waals surface area contributed by atoms with Gasteiger partial charge >= 0.3 is 6.18 Å². The molecule has 0 unspecified atom stereocenters. The van der Waals surface area contributed by atoms with Crippen LogP contribution in [0.1, 0.15) is 21.7 Å². The zero-order valence-electron chi connectivity index (χ0n) is 9.49. The van der Waals surface area contributed by atoms with Crippen molar-refractivity contribution in [2.45, 2.75) is 12.7 Å². The van der Waals surface area contributed by atoms with Crippen molar-refractivity contribution in [2.24, 2.45) is 0 Å². The topological polar surface area (TPSA) is 34.9 Å². The molecule has 3 nitrogen and oxygen atoms in total. The molecule has 1 aromatic carbocycles. The average Bonchev–Trinajstić information content (AvgIpc) is 2.72. The van der Waals surface area contributed by atoms with Crippen molar-refractivity contribution in [3.63, 3.8) is 0 Å². The second-order valence-corrected chi connectivity index (χ2v) is 4.29. The van der Waals surface area contributed by atoms with E-state index in [9.17, 15) is 18.0 Å². The summed E-state index contributed by atoms with van der Waals surface area (Å²) in [5.41, 5.74) is -0.650. The molecule has 7 heteroatoms. The van der Waals surface area contributed by atoms with Crippen LogP contribution in [0.3, 0.4) is 0 Å². The minimum atomic E-state index is -4.56. The van der Waals surface area contributed by atoms with Crippen LogP contribution in [-0.2, 0) is 12.7 Å². The first-order chi connectivity index (χ1) is 8.90. The van der Waals surface area contributed by atoms with Gasteiger partial charge in [0.25, 0.3) is 0 Å². The highest BCUT2D eigenvalue weighted by Crippen LogP contribution is 2.30. The number of hydrogen-bond acceptors (Lipinski definition) is 2. The smallest absolute Gasteiger partial charge is 0.296 e. The largest absolute Gasteiger partial charge is 0.433 e. The highest BCUT2D eigenvalue weighted by Gasteiger charge is 2.35. The molecule has 0 aliphatic rings. The molecule has 0 N–H and O–H groups in total. The lowest BCUT2D eigenvalue weighted by Gasteiger charge is -2.10.